The van der Waals surface area contributed by atoms with Gasteiger partial charge in [-0.15, -0.1) is 0 Å². The van der Waals surface area contributed by atoms with Crippen molar-refractivity contribution in [3.63, 3.8) is 0 Å². The van der Waals surface area contributed by atoms with Crippen molar-refractivity contribution in [2.24, 2.45) is 5.41 Å². The molecule has 2 aromatic rings. The number of hydrogen-bond acceptors (Lipinski definition) is 6. The minimum atomic E-state index is -0.805. The van der Waals surface area contributed by atoms with Crippen molar-refractivity contribution in [2.75, 3.05) is 38.2 Å². The second-order valence-electron chi connectivity index (χ2n) is 11.9. The predicted octanol–water partition coefficient (Wildman–Crippen LogP) is 5.56. The zero-order chi connectivity index (χ0) is 26.5. The number of carboxylic acid groups (broad SMARTS) is 1. The molecule has 4 heterocycles. The van der Waals surface area contributed by atoms with E-state index in [1.807, 2.05) is 18.2 Å². The topological polar surface area (TPSA) is 83.9 Å². The Bertz CT molecular complexity index is 1100. The van der Waals surface area contributed by atoms with E-state index < -0.39 is 12.0 Å². The van der Waals surface area contributed by atoms with Crippen LogP contribution in [0.4, 0.5) is 5.82 Å². The van der Waals surface area contributed by atoms with E-state index in [0.29, 0.717) is 19.8 Å². The first-order valence-electron chi connectivity index (χ1n) is 14.4. The van der Waals surface area contributed by atoms with Crippen molar-refractivity contribution < 1.29 is 19.4 Å². The number of nitrogens with zero attached hydrogens (tertiary/aromatic N) is 2. The first kappa shape index (κ1) is 27.1. The molecule has 1 aromatic carbocycles. The molecule has 7 nitrogen and oxygen atoms in total. The minimum Gasteiger partial charge on any atom is -0.480 e. The number of ether oxygens (including phenoxy) is 2. The zero-order valence-corrected chi connectivity index (χ0v) is 23.0. The SMILES string of the molecule is CC1(C)CCOC(c2ccccc2C(C(=O)O)N2CC[C@@H](OCCCCc3ccc4c(n3)NCCC4)C2)C1. The molecule has 0 bridgehead atoms. The molecule has 2 saturated heterocycles. The average molecular weight is 522 g/mol. The van der Waals surface area contributed by atoms with Gasteiger partial charge in [0.15, 0.2) is 0 Å². The molecule has 0 amide bonds. The third kappa shape index (κ3) is 6.56. The highest BCUT2D eigenvalue weighted by atomic mass is 16.5. The third-order valence-corrected chi connectivity index (χ3v) is 8.38. The lowest BCUT2D eigenvalue weighted by molar-refractivity contribution is -0.143. The number of aliphatic carboxylic acids is 1. The molecule has 5 rings (SSSR count). The number of fused-ring (bicyclic) bond motifs is 1. The van der Waals surface area contributed by atoms with Gasteiger partial charge in [0.05, 0.1) is 12.2 Å². The summed E-state index contributed by atoms with van der Waals surface area (Å²) in [6.45, 7) is 8.31. The van der Waals surface area contributed by atoms with Gasteiger partial charge in [0.1, 0.15) is 11.9 Å². The quantitative estimate of drug-likeness (QED) is 0.396. The van der Waals surface area contributed by atoms with E-state index in [1.54, 1.807) is 0 Å². The van der Waals surface area contributed by atoms with Crippen LogP contribution in [0.15, 0.2) is 36.4 Å². The minimum absolute atomic E-state index is 0.0631. The summed E-state index contributed by atoms with van der Waals surface area (Å²) in [5, 5.41) is 13.7. The molecule has 2 unspecified atom stereocenters. The summed E-state index contributed by atoms with van der Waals surface area (Å²) in [7, 11) is 0. The fourth-order valence-electron chi connectivity index (χ4n) is 6.17. The number of aryl methyl sites for hydroxylation is 2. The van der Waals surface area contributed by atoms with E-state index in [2.05, 4.69) is 42.3 Å². The molecule has 0 saturated carbocycles. The molecule has 3 aliphatic heterocycles. The second-order valence-corrected chi connectivity index (χ2v) is 11.9. The maximum Gasteiger partial charge on any atom is 0.325 e. The Morgan fingerprint density at radius 2 is 2.13 bits per heavy atom. The lowest BCUT2D eigenvalue weighted by Gasteiger charge is -2.37. The number of unbranched alkanes of at least 4 members (excludes halogenated alkanes) is 1. The fraction of sp³-hybridized carbons (Fsp3) is 0.613. The van der Waals surface area contributed by atoms with Crippen LogP contribution in [0.3, 0.4) is 0 Å². The zero-order valence-electron chi connectivity index (χ0n) is 23.0. The van der Waals surface area contributed by atoms with Crippen molar-refractivity contribution in [1.29, 1.82) is 0 Å². The first-order valence-corrected chi connectivity index (χ1v) is 14.4. The molecule has 0 spiro atoms. The molecular weight excluding hydrogens is 478 g/mol. The number of aromatic nitrogens is 1. The van der Waals surface area contributed by atoms with Gasteiger partial charge >= 0.3 is 5.97 Å². The number of likely N-dealkylation sites (tertiary alicyclic amines) is 1. The Balaban J connectivity index is 1.13. The number of benzene rings is 1. The third-order valence-electron chi connectivity index (χ3n) is 8.38. The number of carbonyl (C=O) groups is 1. The molecular formula is C31H43N3O4. The van der Waals surface area contributed by atoms with Gasteiger partial charge in [0.25, 0.3) is 0 Å². The van der Waals surface area contributed by atoms with Crippen LogP contribution in [0.1, 0.15) is 86.9 Å². The van der Waals surface area contributed by atoms with E-state index >= 15 is 0 Å². The van der Waals surface area contributed by atoms with E-state index in [0.717, 1.165) is 80.7 Å². The maximum atomic E-state index is 12.5. The van der Waals surface area contributed by atoms with Gasteiger partial charge < -0.3 is 19.9 Å². The number of rotatable bonds is 10. The standard InChI is InChI=1S/C31H43N3O4/c1-31(2)15-19-38-27(20-31)25-10-3-4-11-26(25)28(30(35)36)34-17-14-24(21-34)37-18-6-5-9-23-13-12-22-8-7-16-32-29(22)33-23/h3-4,10-13,24,27-28H,5-9,14-21H2,1-2H3,(H,32,33)(H,35,36)/t24-,27?,28?/m1/s1. The molecule has 0 aliphatic carbocycles. The lowest BCUT2D eigenvalue weighted by Crippen LogP contribution is -2.35. The Kier molecular flexibility index (Phi) is 8.66. The van der Waals surface area contributed by atoms with Crippen LogP contribution in [0.5, 0.6) is 0 Å². The molecule has 2 fully saturated rings. The molecule has 3 aliphatic rings. The Hall–Kier alpha value is -2.48. The first-order chi connectivity index (χ1) is 18.4. The van der Waals surface area contributed by atoms with Gasteiger partial charge in [0, 0.05) is 38.5 Å². The summed E-state index contributed by atoms with van der Waals surface area (Å²) >= 11 is 0. The normalized spacial score (nSPS) is 23.9. The molecule has 38 heavy (non-hydrogen) atoms. The van der Waals surface area contributed by atoms with Crippen molar-refractivity contribution in [1.82, 2.24) is 9.88 Å². The summed E-state index contributed by atoms with van der Waals surface area (Å²) < 4.78 is 12.4. The molecule has 2 N–H and O–H groups in total. The van der Waals surface area contributed by atoms with Crippen LogP contribution in [-0.4, -0.2) is 59.9 Å². The van der Waals surface area contributed by atoms with Crippen LogP contribution < -0.4 is 5.32 Å². The monoisotopic (exact) mass is 521 g/mol. The molecule has 1 aromatic heterocycles. The van der Waals surface area contributed by atoms with Crippen LogP contribution in [0.2, 0.25) is 0 Å². The van der Waals surface area contributed by atoms with Gasteiger partial charge in [-0.1, -0.05) is 44.2 Å². The maximum absolute atomic E-state index is 12.5. The Morgan fingerprint density at radius 1 is 1.26 bits per heavy atom. The van der Waals surface area contributed by atoms with Crippen LogP contribution in [-0.2, 0) is 27.1 Å². The largest absolute Gasteiger partial charge is 0.480 e. The van der Waals surface area contributed by atoms with E-state index in [4.69, 9.17) is 14.5 Å². The number of carboxylic acids is 1. The van der Waals surface area contributed by atoms with Crippen LogP contribution >= 0.6 is 0 Å². The molecule has 206 valence electrons. The summed E-state index contributed by atoms with van der Waals surface area (Å²) in [4.78, 5) is 19.4. The van der Waals surface area contributed by atoms with Crippen molar-refractivity contribution >= 4 is 11.8 Å². The smallest absolute Gasteiger partial charge is 0.325 e. The lowest BCUT2D eigenvalue weighted by atomic mass is 9.79. The molecule has 0 radical (unpaired) electrons. The van der Waals surface area contributed by atoms with Crippen molar-refractivity contribution in [3.05, 3.63) is 58.8 Å². The summed E-state index contributed by atoms with van der Waals surface area (Å²) in [5.41, 5.74) is 4.53. The van der Waals surface area contributed by atoms with E-state index in [-0.39, 0.29) is 17.6 Å². The van der Waals surface area contributed by atoms with Gasteiger partial charge in [-0.2, -0.15) is 0 Å². The summed E-state index contributed by atoms with van der Waals surface area (Å²) in [6, 6.07) is 11.6. The molecule has 7 heteroatoms. The Labute approximate surface area is 226 Å². The number of pyridine rings is 1. The average Bonchev–Trinajstić information content (AvgIpc) is 3.36. The summed E-state index contributed by atoms with van der Waals surface area (Å²) in [6.07, 6.45) is 8.05. The molecule has 3 atom stereocenters. The van der Waals surface area contributed by atoms with Crippen molar-refractivity contribution in [2.45, 2.75) is 83.5 Å². The summed E-state index contributed by atoms with van der Waals surface area (Å²) in [5.74, 6) is 0.254. The highest BCUT2D eigenvalue weighted by Gasteiger charge is 2.38. The highest BCUT2D eigenvalue weighted by Crippen LogP contribution is 2.42. The van der Waals surface area contributed by atoms with E-state index in [9.17, 15) is 9.90 Å². The van der Waals surface area contributed by atoms with Crippen LogP contribution in [0.25, 0.3) is 0 Å². The van der Waals surface area contributed by atoms with Gasteiger partial charge in [-0.3, -0.25) is 9.69 Å². The van der Waals surface area contributed by atoms with Gasteiger partial charge in [-0.05, 0) is 79.5 Å². The Morgan fingerprint density at radius 3 is 2.97 bits per heavy atom. The predicted molar refractivity (Wildman–Crippen MR) is 148 cm³/mol. The highest BCUT2D eigenvalue weighted by molar-refractivity contribution is 5.76. The van der Waals surface area contributed by atoms with Gasteiger partial charge in [-0.25, -0.2) is 4.98 Å². The van der Waals surface area contributed by atoms with Gasteiger partial charge in [0.2, 0.25) is 0 Å². The fourth-order valence-corrected chi connectivity index (χ4v) is 6.17. The van der Waals surface area contributed by atoms with Crippen LogP contribution in [0, 0.1) is 5.41 Å². The van der Waals surface area contributed by atoms with Crippen molar-refractivity contribution in [3.8, 4) is 0 Å². The second kappa shape index (κ2) is 12.1. The van der Waals surface area contributed by atoms with E-state index in [1.165, 1.54) is 12.0 Å². The number of anilines is 1. The number of nitrogens with one attached hydrogen (secondary N) is 1. The number of hydrogen-bond donors (Lipinski definition) is 2.